The number of aryl methyl sites for hydroxylation is 1. The molecule has 0 unspecified atom stereocenters. The molecule has 1 aromatic carbocycles. The SMILES string of the molecule is CCn1nc(C[C@@H](C)COC(=O)c2ccc(C(=O)N3CCCCC3)cc2)c2c1C(=O)NCCCOCCC2. The van der Waals surface area contributed by atoms with Crippen molar-refractivity contribution in [3.8, 4) is 0 Å². The molecular weight excluding hydrogens is 484 g/mol. The Morgan fingerprint density at radius 3 is 2.50 bits per heavy atom. The summed E-state index contributed by atoms with van der Waals surface area (Å²) in [6, 6.07) is 6.72. The maximum Gasteiger partial charge on any atom is 0.338 e. The minimum Gasteiger partial charge on any atom is -0.462 e. The van der Waals surface area contributed by atoms with Crippen LogP contribution in [0.3, 0.4) is 0 Å². The fourth-order valence-electron chi connectivity index (χ4n) is 5.09. The fraction of sp³-hybridized carbons (Fsp3) is 0.586. The number of carbonyl (C=O) groups is 3. The zero-order valence-electron chi connectivity index (χ0n) is 22.7. The molecule has 1 atom stereocenters. The van der Waals surface area contributed by atoms with Crippen molar-refractivity contribution < 1.29 is 23.9 Å². The highest BCUT2D eigenvalue weighted by molar-refractivity contribution is 5.96. The Morgan fingerprint density at radius 1 is 1.05 bits per heavy atom. The summed E-state index contributed by atoms with van der Waals surface area (Å²) >= 11 is 0. The van der Waals surface area contributed by atoms with Gasteiger partial charge in [-0.1, -0.05) is 6.92 Å². The summed E-state index contributed by atoms with van der Waals surface area (Å²) in [5.74, 6) is -0.477. The van der Waals surface area contributed by atoms with Crippen LogP contribution in [0, 0.1) is 5.92 Å². The Bertz CT molecular complexity index is 1100. The van der Waals surface area contributed by atoms with Gasteiger partial charge in [0.2, 0.25) is 0 Å². The second kappa shape index (κ2) is 13.6. The van der Waals surface area contributed by atoms with Gasteiger partial charge in [-0.05, 0) is 82.1 Å². The summed E-state index contributed by atoms with van der Waals surface area (Å²) in [5.41, 5.74) is 3.49. The van der Waals surface area contributed by atoms with Gasteiger partial charge in [0, 0.05) is 50.5 Å². The normalized spacial score (nSPS) is 17.6. The lowest BCUT2D eigenvalue weighted by Crippen LogP contribution is -2.35. The van der Waals surface area contributed by atoms with Crippen LogP contribution in [-0.2, 0) is 28.9 Å². The summed E-state index contributed by atoms with van der Waals surface area (Å²) in [4.78, 5) is 40.2. The number of amides is 2. The molecule has 0 radical (unpaired) electrons. The number of ether oxygens (including phenoxy) is 2. The van der Waals surface area contributed by atoms with Crippen molar-refractivity contribution in [2.45, 2.75) is 65.3 Å². The summed E-state index contributed by atoms with van der Waals surface area (Å²) in [6.07, 6.45) is 6.17. The average molecular weight is 525 g/mol. The highest BCUT2D eigenvalue weighted by atomic mass is 16.5. The maximum atomic E-state index is 12.9. The lowest BCUT2D eigenvalue weighted by atomic mass is 9.99. The van der Waals surface area contributed by atoms with Gasteiger partial charge in [-0.25, -0.2) is 4.79 Å². The predicted molar refractivity (Wildman–Crippen MR) is 143 cm³/mol. The van der Waals surface area contributed by atoms with Gasteiger partial charge in [0.1, 0.15) is 5.69 Å². The van der Waals surface area contributed by atoms with Gasteiger partial charge in [-0.15, -0.1) is 0 Å². The van der Waals surface area contributed by atoms with E-state index in [2.05, 4.69) is 5.32 Å². The first kappa shape index (κ1) is 27.8. The number of esters is 1. The van der Waals surface area contributed by atoms with Crippen LogP contribution in [0.1, 0.15) is 88.4 Å². The third kappa shape index (κ3) is 7.01. The van der Waals surface area contributed by atoms with Crippen molar-refractivity contribution in [3.63, 3.8) is 0 Å². The highest BCUT2D eigenvalue weighted by Gasteiger charge is 2.24. The standard InChI is InChI=1S/C29H40N4O5/c1-3-33-26-24(9-7-17-37-18-8-14-30-27(26)34)25(31-33)19-21(2)20-38-29(36)23-12-10-22(11-13-23)28(35)32-15-5-4-6-16-32/h10-13,21H,3-9,14-20H2,1-2H3,(H,30,34)/t21-/m1/s1. The molecular formula is C29H40N4O5. The number of carbonyl (C=O) groups excluding carboxylic acids is 3. The van der Waals surface area contributed by atoms with E-state index in [0.29, 0.717) is 56.0 Å². The molecule has 9 heteroatoms. The van der Waals surface area contributed by atoms with E-state index in [1.165, 1.54) is 6.42 Å². The zero-order chi connectivity index (χ0) is 26.9. The maximum absolute atomic E-state index is 12.9. The van der Waals surface area contributed by atoms with E-state index < -0.39 is 5.97 Å². The third-order valence-corrected chi connectivity index (χ3v) is 7.17. The Balaban J connectivity index is 1.36. The van der Waals surface area contributed by atoms with Crippen LogP contribution < -0.4 is 5.32 Å². The van der Waals surface area contributed by atoms with Crippen LogP contribution in [-0.4, -0.2) is 71.9 Å². The lowest BCUT2D eigenvalue weighted by molar-refractivity contribution is 0.0447. The van der Waals surface area contributed by atoms with Gasteiger partial charge in [0.15, 0.2) is 0 Å². The summed E-state index contributed by atoms with van der Waals surface area (Å²) in [5, 5.41) is 7.75. The molecule has 9 nitrogen and oxygen atoms in total. The fourth-order valence-corrected chi connectivity index (χ4v) is 5.09. The van der Waals surface area contributed by atoms with E-state index in [1.54, 1.807) is 28.9 Å². The van der Waals surface area contributed by atoms with Gasteiger partial charge in [-0.3, -0.25) is 14.3 Å². The number of aromatic nitrogens is 2. The highest BCUT2D eigenvalue weighted by Crippen LogP contribution is 2.22. The second-order valence-electron chi connectivity index (χ2n) is 10.3. The lowest BCUT2D eigenvalue weighted by Gasteiger charge is -2.26. The van der Waals surface area contributed by atoms with Crippen LogP contribution in [0.5, 0.6) is 0 Å². The Labute approximate surface area is 224 Å². The molecule has 0 aliphatic carbocycles. The van der Waals surface area contributed by atoms with Gasteiger partial charge in [0.25, 0.3) is 11.8 Å². The van der Waals surface area contributed by atoms with E-state index in [4.69, 9.17) is 14.6 Å². The van der Waals surface area contributed by atoms with Crippen LogP contribution in [0.4, 0.5) is 0 Å². The molecule has 1 saturated heterocycles. The molecule has 1 fully saturated rings. The topological polar surface area (TPSA) is 103 Å². The van der Waals surface area contributed by atoms with Crippen molar-refractivity contribution in [2.75, 3.05) is 39.5 Å². The first-order chi connectivity index (χ1) is 18.5. The second-order valence-corrected chi connectivity index (χ2v) is 10.3. The number of piperidine rings is 1. The van der Waals surface area contributed by atoms with Gasteiger partial charge in [0.05, 0.1) is 17.9 Å². The molecule has 2 aliphatic rings. The molecule has 0 saturated carbocycles. The van der Waals surface area contributed by atoms with Crippen LogP contribution >= 0.6 is 0 Å². The number of likely N-dealkylation sites (tertiary alicyclic amines) is 1. The average Bonchev–Trinajstić information content (AvgIpc) is 3.28. The number of nitrogens with zero attached hydrogens (tertiary/aromatic N) is 3. The number of fused-ring (bicyclic) bond motifs is 1. The largest absolute Gasteiger partial charge is 0.462 e. The Morgan fingerprint density at radius 2 is 1.76 bits per heavy atom. The van der Waals surface area contributed by atoms with E-state index >= 15 is 0 Å². The van der Waals surface area contributed by atoms with Crippen LogP contribution in [0.15, 0.2) is 24.3 Å². The molecule has 1 aromatic heterocycles. The van der Waals surface area contributed by atoms with E-state index in [1.807, 2.05) is 18.7 Å². The molecule has 2 amide bonds. The molecule has 2 aliphatic heterocycles. The van der Waals surface area contributed by atoms with Gasteiger partial charge < -0.3 is 19.7 Å². The summed E-state index contributed by atoms with van der Waals surface area (Å²) < 4.78 is 13.1. The quantitative estimate of drug-likeness (QED) is 0.555. The van der Waals surface area contributed by atoms with Crippen molar-refractivity contribution in [3.05, 3.63) is 52.3 Å². The monoisotopic (exact) mass is 524 g/mol. The minimum absolute atomic E-state index is 0.0145. The van der Waals surface area contributed by atoms with Crippen molar-refractivity contribution in [1.82, 2.24) is 20.0 Å². The molecule has 4 rings (SSSR count). The number of nitrogens with one attached hydrogen (secondary N) is 1. The Hall–Kier alpha value is -3.20. The van der Waals surface area contributed by atoms with Gasteiger partial charge >= 0.3 is 5.97 Å². The molecule has 206 valence electrons. The molecule has 0 spiro atoms. The molecule has 3 heterocycles. The van der Waals surface area contributed by atoms with Gasteiger partial charge in [-0.2, -0.15) is 5.10 Å². The van der Waals surface area contributed by atoms with Crippen molar-refractivity contribution in [2.24, 2.45) is 5.92 Å². The smallest absolute Gasteiger partial charge is 0.338 e. The first-order valence-corrected chi connectivity index (χ1v) is 14.0. The van der Waals surface area contributed by atoms with Crippen LogP contribution in [0.25, 0.3) is 0 Å². The van der Waals surface area contributed by atoms with E-state index in [-0.39, 0.29) is 24.3 Å². The summed E-state index contributed by atoms with van der Waals surface area (Å²) in [7, 11) is 0. The van der Waals surface area contributed by atoms with E-state index in [0.717, 1.165) is 50.0 Å². The van der Waals surface area contributed by atoms with Crippen molar-refractivity contribution in [1.29, 1.82) is 0 Å². The predicted octanol–water partition coefficient (Wildman–Crippen LogP) is 3.65. The molecule has 2 aromatic rings. The Kier molecular flexibility index (Phi) is 9.92. The minimum atomic E-state index is -0.413. The number of hydrogen-bond acceptors (Lipinski definition) is 6. The first-order valence-electron chi connectivity index (χ1n) is 14.0. The number of rotatable bonds is 7. The van der Waals surface area contributed by atoms with Crippen LogP contribution in [0.2, 0.25) is 0 Å². The van der Waals surface area contributed by atoms with E-state index in [9.17, 15) is 14.4 Å². The molecule has 1 N–H and O–H groups in total. The molecule has 0 bridgehead atoms. The number of benzene rings is 1. The summed E-state index contributed by atoms with van der Waals surface area (Å²) in [6.45, 7) is 8.28. The number of hydrogen-bond donors (Lipinski definition) is 1. The van der Waals surface area contributed by atoms with Crippen molar-refractivity contribution >= 4 is 17.8 Å². The third-order valence-electron chi connectivity index (χ3n) is 7.17. The molecule has 38 heavy (non-hydrogen) atoms. The zero-order valence-corrected chi connectivity index (χ0v) is 22.7.